The van der Waals surface area contributed by atoms with Crippen molar-refractivity contribution in [3.8, 4) is 5.75 Å². The summed E-state index contributed by atoms with van der Waals surface area (Å²) in [6, 6.07) is 8.93. The van der Waals surface area contributed by atoms with Crippen LogP contribution in [0, 0.1) is 0 Å². The number of piperazine rings is 1. The molecule has 1 saturated carbocycles. The Bertz CT molecular complexity index is 936. The number of anilines is 1. The lowest BCUT2D eigenvalue weighted by atomic mass is 10.0. The highest BCUT2D eigenvalue weighted by molar-refractivity contribution is 6.14. The summed E-state index contributed by atoms with van der Waals surface area (Å²) >= 11 is 0. The zero-order chi connectivity index (χ0) is 19.3. The molecule has 2 fully saturated rings. The molecule has 146 valence electrons. The number of aromatic nitrogens is 2. The SMILES string of the molecule is C[C@@H]1CN(c2cc(C3=NCc4ccc(OC5(C)CC5)cc43)ncn2)CCN1C. The quantitative estimate of drug-likeness (QED) is 0.820. The number of fused-ring (bicyclic) bond motifs is 1. The molecule has 0 unspecified atom stereocenters. The van der Waals surface area contributed by atoms with Gasteiger partial charge in [0.05, 0.1) is 18.0 Å². The van der Waals surface area contributed by atoms with E-state index in [2.05, 4.69) is 64.9 Å². The van der Waals surface area contributed by atoms with Gasteiger partial charge >= 0.3 is 0 Å². The van der Waals surface area contributed by atoms with Crippen LogP contribution in [-0.2, 0) is 6.54 Å². The molecule has 1 aromatic carbocycles. The van der Waals surface area contributed by atoms with E-state index in [1.165, 1.54) is 5.56 Å². The normalized spacial score (nSPS) is 23.3. The molecule has 6 heteroatoms. The zero-order valence-electron chi connectivity index (χ0n) is 16.9. The minimum Gasteiger partial charge on any atom is -0.488 e. The largest absolute Gasteiger partial charge is 0.488 e. The van der Waals surface area contributed by atoms with Crippen molar-refractivity contribution in [2.75, 3.05) is 31.6 Å². The second kappa shape index (κ2) is 6.55. The molecule has 0 spiro atoms. The first-order chi connectivity index (χ1) is 13.5. The van der Waals surface area contributed by atoms with Gasteiger partial charge in [0.15, 0.2) is 0 Å². The van der Waals surface area contributed by atoms with Gasteiger partial charge in [0.1, 0.15) is 23.5 Å². The van der Waals surface area contributed by atoms with Gasteiger partial charge in [-0.05, 0) is 51.4 Å². The Balaban J connectivity index is 1.41. The van der Waals surface area contributed by atoms with Crippen LogP contribution >= 0.6 is 0 Å². The lowest BCUT2D eigenvalue weighted by Gasteiger charge is -2.38. The fourth-order valence-electron chi connectivity index (χ4n) is 3.91. The first-order valence-electron chi connectivity index (χ1n) is 10.2. The smallest absolute Gasteiger partial charge is 0.132 e. The molecule has 0 amide bonds. The number of benzene rings is 1. The summed E-state index contributed by atoms with van der Waals surface area (Å²) in [5.74, 6) is 1.91. The average Bonchev–Trinajstić information content (AvgIpc) is 3.26. The van der Waals surface area contributed by atoms with Crippen LogP contribution in [0.2, 0.25) is 0 Å². The number of hydrogen-bond donors (Lipinski definition) is 0. The Labute approximate surface area is 166 Å². The number of nitrogens with zero attached hydrogens (tertiary/aromatic N) is 5. The third-order valence-electron chi connectivity index (χ3n) is 6.24. The monoisotopic (exact) mass is 377 g/mol. The Morgan fingerprint density at radius 2 is 2.00 bits per heavy atom. The van der Waals surface area contributed by atoms with Gasteiger partial charge in [-0.3, -0.25) is 4.99 Å². The zero-order valence-corrected chi connectivity index (χ0v) is 16.9. The molecule has 0 bridgehead atoms. The van der Waals surface area contributed by atoms with E-state index in [1.54, 1.807) is 6.33 Å². The number of likely N-dealkylation sites (N-methyl/N-ethyl adjacent to an activating group) is 1. The van der Waals surface area contributed by atoms with Gasteiger partial charge in [-0.25, -0.2) is 9.97 Å². The van der Waals surface area contributed by atoms with Crippen LogP contribution in [0.4, 0.5) is 5.82 Å². The van der Waals surface area contributed by atoms with Gasteiger partial charge in [-0.1, -0.05) is 6.07 Å². The summed E-state index contributed by atoms with van der Waals surface area (Å²) in [6.07, 6.45) is 3.92. The Morgan fingerprint density at radius 3 is 2.79 bits per heavy atom. The van der Waals surface area contributed by atoms with Crippen molar-refractivity contribution in [3.05, 3.63) is 47.4 Å². The molecule has 1 aromatic heterocycles. The minimum absolute atomic E-state index is 0.0182. The van der Waals surface area contributed by atoms with Crippen molar-refractivity contribution in [2.45, 2.75) is 44.9 Å². The molecule has 1 aliphatic carbocycles. The molecular formula is C22H27N5O. The van der Waals surface area contributed by atoms with Gasteiger partial charge in [-0.15, -0.1) is 0 Å². The third-order valence-corrected chi connectivity index (χ3v) is 6.24. The van der Waals surface area contributed by atoms with Crippen molar-refractivity contribution < 1.29 is 4.74 Å². The van der Waals surface area contributed by atoms with E-state index in [9.17, 15) is 0 Å². The molecular weight excluding hydrogens is 350 g/mol. The molecule has 1 saturated heterocycles. The molecule has 0 N–H and O–H groups in total. The van der Waals surface area contributed by atoms with Crippen LogP contribution in [0.5, 0.6) is 5.75 Å². The van der Waals surface area contributed by atoms with Crippen molar-refractivity contribution in [1.29, 1.82) is 0 Å². The number of aliphatic imine (C=N–C) groups is 1. The maximum atomic E-state index is 6.16. The van der Waals surface area contributed by atoms with Crippen LogP contribution < -0.4 is 9.64 Å². The van der Waals surface area contributed by atoms with Gasteiger partial charge < -0.3 is 14.5 Å². The van der Waals surface area contributed by atoms with Gasteiger partial charge in [0, 0.05) is 37.3 Å². The summed E-state index contributed by atoms with van der Waals surface area (Å²) < 4.78 is 6.16. The van der Waals surface area contributed by atoms with E-state index >= 15 is 0 Å². The standard InChI is InChI=1S/C22H27N5O/c1-15-13-27(9-8-26(15)3)20-11-19(24-14-25-20)21-18-10-17(28-22(2)6-7-22)5-4-16(18)12-23-21/h4-5,10-11,14-15H,6-9,12-13H2,1-3H3/t15-/m1/s1. The van der Waals surface area contributed by atoms with Gasteiger partial charge in [0.2, 0.25) is 0 Å². The average molecular weight is 377 g/mol. The van der Waals surface area contributed by atoms with E-state index in [4.69, 9.17) is 9.73 Å². The lowest BCUT2D eigenvalue weighted by molar-refractivity contribution is 0.200. The molecule has 2 aromatic rings. The van der Waals surface area contributed by atoms with Crippen molar-refractivity contribution in [2.24, 2.45) is 4.99 Å². The second-order valence-corrected chi connectivity index (χ2v) is 8.57. The molecule has 1 atom stereocenters. The van der Waals surface area contributed by atoms with E-state index < -0.39 is 0 Å². The number of ether oxygens (including phenoxy) is 1. The van der Waals surface area contributed by atoms with Crippen molar-refractivity contribution in [1.82, 2.24) is 14.9 Å². The van der Waals surface area contributed by atoms with Gasteiger partial charge in [-0.2, -0.15) is 0 Å². The van der Waals surface area contributed by atoms with E-state index in [-0.39, 0.29) is 5.60 Å². The second-order valence-electron chi connectivity index (χ2n) is 8.57. The fraction of sp³-hybridized carbons (Fsp3) is 0.500. The Hall–Kier alpha value is -2.47. The van der Waals surface area contributed by atoms with Crippen molar-refractivity contribution >= 4 is 11.5 Å². The van der Waals surface area contributed by atoms with Crippen LogP contribution in [0.15, 0.2) is 35.6 Å². The van der Waals surface area contributed by atoms with Crippen LogP contribution in [0.1, 0.15) is 43.5 Å². The van der Waals surface area contributed by atoms with E-state index in [0.717, 1.165) is 61.0 Å². The molecule has 3 heterocycles. The molecule has 5 rings (SSSR count). The van der Waals surface area contributed by atoms with Gasteiger partial charge in [0.25, 0.3) is 0 Å². The highest BCUT2D eigenvalue weighted by Crippen LogP contribution is 2.40. The first kappa shape index (κ1) is 17.6. The molecule has 3 aliphatic rings. The maximum absolute atomic E-state index is 6.16. The number of hydrogen-bond acceptors (Lipinski definition) is 6. The van der Waals surface area contributed by atoms with Crippen molar-refractivity contribution in [3.63, 3.8) is 0 Å². The topological polar surface area (TPSA) is 53.9 Å². The summed E-state index contributed by atoms with van der Waals surface area (Å²) in [5, 5.41) is 0. The van der Waals surface area contributed by atoms with Crippen LogP contribution in [-0.4, -0.2) is 58.9 Å². The lowest BCUT2D eigenvalue weighted by Crippen LogP contribution is -2.50. The molecule has 6 nitrogen and oxygen atoms in total. The summed E-state index contributed by atoms with van der Waals surface area (Å²) in [6.45, 7) is 8.14. The van der Waals surface area contributed by atoms with Crippen LogP contribution in [0.3, 0.4) is 0 Å². The maximum Gasteiger partial charge on any atom is 0.132 e. The molecule has 0 radical (unpaired) electrons. The molecule has 2 aliphatic heterocycles. The predicted octanol–water partition coefficient (Wildman–Crippen LogP) is 2.90. The molecule has 28 heavy (non-hydrogen) atoms. The summed E-state index contributed by atoms with van der Waals surface area (Å²) in [7, 11) is 2.18. The summed E-state index contributed by atoms with van der Waals surface area (Å²) in [5.41, 5.74) is 4.23. The minimum atomic E-state index is 0.0182. The number of rotatable bonds is 4. The fourth-order valence-corrected chi connectivity index (χ4v) is 3.91. The first-order valence-corrected chi connectivity index (χ1v) is 10.2. The van der Waals surface area contributed by atoms with E-state index in [0.29, 0.717) is 12.6 Å². The van der Waals surface area contributed by atoms with E-state index in [1.807, 2.05) is 0 Å². The highest BCUT2D eigenvalue weighted by atomic mass is 16.5. The van der Waals surface area contributed by atoms with Crippen LogP contribution in [0.25, 0.3) is 0 Å². The predicted molar refractivity (Wildman–Crippen MR) is 110 cm³/mol. The Kier molecular flexibility index (Phi) is 4.12. The highest BCUT2D eigenvalue weighted by Gasteiger charge is 2.40. The third kappa shape index (κ3) is 3.26. The Morgan fingerprint density at radius 1 is 1.14 bits per heavy atom. The summed E-state index contributed by atoms with van der Waals surface area (Å²) in [4.78, 5) is 18.6.